The average Bonchev–Trinajstić information content (AvgIpc) is 3.93. The molecule has 0 aliphatic carbocycles. The van der Waals surface area contributed by atoms with Gasteiger partial charge in [-0.2, -0.15) is 5.10 Å². The lowest BCUT2D eigenvalue weighted by molar-refractivity contribution is -0.137. The smallest absolute Gasteiger partial charge is 0.255 e. The van der Waals surface area contributed by atoms with Crippen LogP contribution in [0.15, 0.2) is 96.2 Å². The number of likely N-dealkylation sites (tertiary alicyclic amines) is 1. The number of imide groups is 1. The van der Waals surface area contributed by atoms with Crippen LogP contribution < -0.4 is 15.8 Å². The van der Waals surface area contributed by atoms with Crippen LogP contribution in [-0.2, 0) is 20.9 Å². The van der Waals surface area contributed by atoms with Gasteiger partial charge >= 0.3 is 0 Å². The highest BCUT2D eigenvalue weighted by atomic mass is 32.2. The van der Waals surface area contributed by atoms with Crippen molar-refractivity contribution in [3.63, 3.8) is 0 Å². The first kappa shape index (κ1) is 47.9. The molecule has 3 N–H and O–H groups in total. The summed E-state index contributed by atoms with van der Waals surface area (Å²) < 4.78 is 7.95. The zero-order valence-corrected chi connectivity index (χ0v) is 40.3. The third-order valence-electron chi connectivity index (χ3n) is 13.9. The van der Waals surface area contributed by atoms with E-state index in [0.29, 0.717) is 54.2 Å². The number of aromatic nitrogens is 4. The molecule has 69 heavy (non-hydrogen) atoms. The number of nitrogens with zero attached hydrogens (tertiary/aromatic N) is 8. The summed E-state index contributed by atoms with van der Waals surface area (Å²) in [6.45, 7) is 7.76. The molecule has 0 bridgehead atoms. The zero-order chi connectivity index (χ0) is 47.5. The average molecular weight is 953 g/mol. The summed E-state index contributed by atoms with van der Waals surface area (Å²) in [6.07, 6.45) is 17.6. The Morgan fingerprint density at radius 2 is 1.55 bits per heavy atom. The number of piperidine rings is 2. The van der Waals surface area contributed by atoms with Gasteiger partial charge in [0.05, 0.1) is 11.4 Å². The Balaban J connectivity index is 0.635. The second-order valence-corrected chi connectivity index (χ2v) is 19.8. The summed E-state index contributed by atoms with van der Waals surface area (Å²) in [4.78, 5) is 69.3. The number of rotatable bonds is 20. The fourth-order valence-electron chi connectivity index (χ4n) is 10.1. The van der Waals surface area contributed by atoms with Crippen LogP contribution in [0, 0.1) is 0 Å². The Labute approximate surface area is 408 Å². The van der Waals surface area contributed by atoms with Crippen LogP contribution in [0.5, 0.6) is 11.5 Å². The number of benzene rings is 3. The lowest BCUT2D eigenvalue weighted by Crippen LogP contribution is -2.52. The molecule has 3 saturated heterocycles. The molecule has 2 unspecified atom stereocenters. The number of para-hydroxylation sites is 1. The number of nitrogens with two attached hydrogens (primary N) is 1. The van der Waals surface area contributed by atoms with E-state index in [9.17, 15) is 19.2 Å². The van der Waals surface area contributed by atoms with Crippen molar-refractivity contribution < 1.29 is 23.9 Å². The van der Waals surface area contributed by atoms with E-state index in [1.807, 2.05) is 82.4 Å². The minimum absolute atomic E-state index is 0.0328. The standard InChI is InChI=1S/C53H64N10O5S/c54-50-48-49(38-21-23-41(24-22-38)68-40-16-8-7-9-17-40)58-63(51(48)56-37-55-50)39-15-13-29-61(35-39)47(65)20-14-28-60-32-30-59(31-33-60)27-10-5-3-1-2-4-6-11-34-69-45-19-12-18-42-43(45)36-62(53(42)67)44-25-26-46(64)57-52(44)66/h7-9,12,14,16-24,37,39,44H,1-6,10-11,13,15,25-36H2,(H2,54,55,56)(H,57,64,66)/b20-14+. The summed E-state index contributed by atoms with van der Waals surface area (Å²) in [5.74, 6) is 2.16. The molecule has 4 amide bonds. The maximum absolute atomic E-state index is 13.5. The molecule has 0 spiro atoms. The molecular formula is C53H64N10O5S. The number of piperazine rings is 1. The Morgan fingerprint density at radius 3 is 2.33 bits per heavy atom. The number of fused-ring (bicyclic) bond motifs is 2. The highest BCUT2D eigenvalue weighted by Gasteiger charge is 2.40. The minimum atomic E-state index is -0.581. The number of nitrogen functional groups attached to an aromatic ring is 1. The van der Waals surface area contributed by atoms with Gasteiger partial charge in [0.25, 0.3) is 5.91 Å². The van der Waals surface area contributed by atoms with Gasteiger partial charge in [-0.3, -0.25) is 29.4 Å². The molecule has 5 aromatic rings. The lowest BCUT2D eigenvalue weighted by Gasteiger charge is -2.34. The van der Waals surface area contributed by atoms with Crippen LogP contribution in [0.4, 0.5) is 5.82 Å². The second-order valence-electron chi connectivity index (χ2n) is 18.7. The third-order valence-corrected chi connectivity index (χ3v) is 15.1. The predicted molar refractivity (Wildman–Crippen MR) is 269 cm³/mol. The molecule has 4 aliphatic rings. The Morgan fingerprint density at radius 1 is 0.812 bits per heavy atom. The van der Waals surface area contributed by atoms with Crippen molar-refractivity contribution >= 4 is 52.2 Å². The fraction of sp³-hybridized carbons (Fsp3) is 0.453. The van der Waals surface area contributed by atoms with Crippen molar-refractivity contribution in [2.45, 2.75) is 101 Å². The van der Waals surface area contributed by atoms with E-state index in [4.69, 9.17) is 15.6 Å². The number of unbranched alkanes of at least 4 members (excludes halogenated alkanes) is 7. The number of amides is 4. The Kier molecular flexibility index (Phi) is 16.0. The number of carbonyl (C=O) groups excluding carboxylic acids is 4. The molecule has 9 rings (SSSR count). The van der Waals surface area contributed by atoms with Crippen molar-refractivity contribution in [3.8, 4) is 22.8 Å². The number of thioether (sulfide) groups is 1. The highest BCUT2D eigenvalue weighted by molar-refractivity contribution is 7.99. The predicted octanol–water partition coefficient (Wildman–Crippen LogP) is 7.88. The summed E-state index contributed by atoms with van der Waals surface area (Å²) in [5, 5.41) is 8.16. The van der Waals surface area contributed by atoms with Crippen molar-refractivity contribution in [3.05, 3.63) is 102 Å². The molecule has 2 aromatic heterocycles. The maximum Gasteiger partial charge on any atom is 0.255 e. The van der Waals surface area contributed by atoms with Gasteiger partial charge in [0, 0.05) is 80.9 Å². The van der Waals surface area contributed by atoms with Crippen molar-refractivity contribution in [2.24, 2.45) is 0 Å². The summed E-state index contributed by atoms with van der Waals surface area (Å²) in [6, 6.07) is 22.7. The van der Waals surface area contributed by atoms with Gasteiger partial charge in [0.2, 0.25) is 17.7 Å². The first-order chi connectivity index (χ1) is 33.8. The van der Waals surface area contributed by atoms with Crippen molar-refractivity contribution in [1.29, 1.82) is 0 Å². The van der Waals surface area contributed by atoms with Gasteiger partial charge in [-0.1, -0.05) is 68.9 Å². The second kappa shape index (κ2) is 23.0. The third kappa shape index (κ3) is 11.9. The van der Waals surface area contributed by atoms with Gasteiger partial charge in [-0.15, -0.1) is 11.8 Å². The normalized spacial score (nSPS) is 19.2. The van der Waals surface area contributed by atoms with Gasteiger partial charge in [-0.25, -0.2) is 14.6 Å². The maximum atomic E-state index is 13.5. The van der Waals surface area contributed by atoms with Crippen LogP contribution in [0.25, 0.3) is 22.3 Å². The first-order valence-electron chi connectivity index (χ1n) is 24.9. The van der Waals surface area contributed by atoms with E-state index in [2.05, 4.69) is 31.2 Å². The van der Waals surface area contributed by atoms with Gasteiger partial charge in [-0.05, 0) is 98.5 Å². The van der Waals surface area contributed by atoms with Crippen LogP contribution >= 0.6 is 11.8 Å². The minimum Gasteiger partial charge on any atom is -0.457 e. The molecule has 3 fully saturated rings. The van der Waals surface area contributed by atoms with Gasteiger partial charge in [0.1, 0.15) is 35.4 Å². The molecule has 2 atom stereocenters. The van der Waals surface area contributed by atoms with E-state index in [1.165, 1.54) is 51.3 Å². The number of nitrogens with one attached hydrogen (secondary N) is 1. The van der Waals surface area contributed by atoms with Crippen LogP contribution in [-0.4, -0.2) is 127 Å². The molecule has 15 nitrogen and oxygen atoms in total. The SMILES string of the molecule is Nc1ncnc2c1c(-c1ccc(Oc3ccccc3)cc1)nn2C1CCCN(C(=O)/C=C/CN2CCN(CCCCCCCCCCSc3cccc4c3CN(C3CCC(=O)NC3=O)C4=O)CC2)C1. The highest BCUT2D eigenvalue weighted by Crippen LogP contribution is 2.37. The number of hydrogen-bond donors (Lipinski definition) is 2. The van der Waals surface area contributed by atoms with Crippen LogP contribution in [0.1, 0.15) is 99.0 Å². The zero-order valence-electron chi connectivity index (χ0n) is 39.5. The monoisotopic (exact) mass is 952 g/mol. The van der Waals surface area contributed by atoms with E-state index >= 15 is 0 Å². The van der Waals surface area contributed by atoms with Gasteiger partial charge < -0.3 is 25.2 Å². The Bertz CT molecular complexity index is 2610. The van der Waals surface area contributed by atoms with Crippen molar-refractivity contribution in [2.75, 3.05) is 63.8 Å². The number of anilines is 1. The molecular weight excluding hydrogens is 889 g/mol. The van der Waals surface area contributed by atoms with E-state index in [0.717, 1.165) is 91.8 Å². The summed E-state index contributed by atoms with van der Waals surface area (Å²) in [7, 11) is 0. The van der Waals surface area contributed by atoms with Crippen LogP contribution in [0.3, 0.4) is 0 Å². The summed E-state index contributed by atoms with van der Waals surface area (Å²) >= 11 is 1.81. The molecule has 6 heterocycles. The molecule has 0 radical (unpaired) electrons. The largest absolute Gasteiger partial charge is 0.457 e. The van der Waals surface area contributed by atoms with Gasteiger partial charge in [0.15, 0.2) is 5.65 Å². The first-order valence-corrected chi connectivity index (χ1v) is 25.9. The number of ether oxygens (including phenoxy) is 1. The van der Waals surface area contributed by atoms with Crippen LogP contribution in [0.2, 0.25) is 0 Å². The lowest BCUT2D eigenvalue weighted by atomic mass is 10.0. The fourth-order valence-corrected chi connectivity index (χ4v) is 11.2. The number of carbonyl (C=O) groups is 4. The Hall–Kier alpha value is -6.10. The molecule has 4 aliphatic heterocycles. The molecule has 3 aromatic carbocycles. The topological polar surface area (TPSA) is 172 Å². The van der Waals surface area contributed by atoms with E-state index in [-0.39, 0.29) is 36.1 Å². The molecule has 0 saturated carbocycles. The summed E-state index contributed by atoms with van der Waals surface area (Å²) in [5.41, 5.74) is 10.4. The quantitative estimate of drug-likeness (QED) is 0.0335. The number of hydrogen-bond acceptors (Lipinski definition) is 12. The van der Waals surface area contributed by atoms with E-state index < -0.39 is 6.04 Å². The van der Waals surface area contributed by atoms with E-state index in [1.54, 1.807) is 22.7 Å². The molecule has 362 valence electrons. The van der Waals surface area contributed by atoms with Crippen molar-refractivity contribution in [1.82, 2.24) is 44.7 Å². The molecule has 16 heteroatoms.